The lowest BCUT2D eigenvalue weighted by Gasteiger charge is -2.34. The Kier molecular flexibility index (Phi) is 6.46. The third kappa shape index (κ3) is 4.40. The van der Waals surface area contributed by atoms with Crippen LogP contribution in [0.4, 0.5) is 0 Å². The number of nitrogens with one attached hydrogen (secondary N) is 2. The van der Waals surface area contributed by atoms with Crippen LogP contribution in [0.15, 0.2) is 47.1 Å². The van der Waals surface area contributed by atoms with Crippen LogP contribution in [-0.2, 0) is 10.3 Å². The normalized spacial score (nSPS) is 12.8. The van der Waals surface area contributed by atoms with Gasteiger partial charge in [0.1, 0.15) is 5.76 Å². The second-order valence-corrected chi connectivity index (χ2v) is 6.39. The fourth-order valence-corrected chi connectivity index (χ4v) is 3.06. The maximum absolute atomic E-state index is 12.3. The Labute approximate surface area is 148 Å². The number of benzene rings is 1. The van der Waals surface area contributed by atoms with Crippen LogP contribution in [0.1, 0.15) is 51.0 Å². The van der Waals surface area contributed by atoms with Crippen LogP contribution in [0, 0.1) is 0 Å². The first-order chi connectivity index (χ1) is 11.5. The van der Waals surface area contributed by atoms with E-state index < -0.39 is 0 Å². The first-order valence-electron chi connectivity index (χ1n) is 8.34. The minimum absolute atomic E-state index is 0.0564. The fourth-order valence-electron chi connectivity index (χ4n) is 2.93. The molecule has 1 heterocycles. The smallest absolute Gasteiger partial charge is 0.234 e. The van der Waals surface area contributed by atoms with E-state index in [9.17, 15) is 4.79 Å². The van der Waals surface area contributed by atoms with Crippen molar-refractivity contribution in [3.8, 4) is 0 Å². The first-order valence-corrected chi connectivity index (χ1v) is 8.72. The van der Waals surface area contributed by atoms with Crippen LogP contribution in [0.5, 0.6) is 0 Å². The van der Waals surface area contributed by atoms with Crippen molar-refractivity contribution >= 4 is 17.5 Å². The number of amides is 1. The summed E-state index contributed by atoms with van der Waals surface area (Å²) < 4.78 is 5.32. The lowest BCUT2D eigenvalue weighted by Crippen LogP contribution is -2.46. The molecule has 1 aromatic heterocycles. The minimum Gasteiger partial charge on any atom is -0.467 e. The van der Waals surface area contributed by atoms with E-state index in [0.717, 1.165) is 24.2 Å². The molecule has 1 unspecified atom stereocenters. The average molecular weight is 349 g/mol. The molecule has 0 fully saturated rings. The van der Waals surface area contributed by atoms with Gasteiger partial charge in [-0.1, -0.05) is 37.6 Å². The first kappa shape index (κ1) is 18.6. The predicted octanol–water partition coefficient (Wildman–Crippen LogP) is 4.42. The van der Waals surface area contributed by atoms with Gasteiger partial charge >= 0.3 is 0 Å². The summed E-state index contributed by atoms with van der Waals surface area (Å²) in [6.45, 7) is 6.39. The van der Waals surface area contributed by atoms with Gasteiger partial charge in [-0.3, -0.25) is 10.1 Å². The number of rotatable bonds is 8. The van der Waals surface area contributed by atoms with E-state index in [1.807, 2.05) is 43.3 Å². The summed E-state index contributed by atoms with van der Waals surface area (Å²) in [6.07, 6.45) is 3.37. The second-order valence-electron chi connectivity index (χ2n) is 5.95. The van der Waals surface area contributed by atoms with E-state index in [0.29, 0.717) is 5.02 Å². The van der Waals surface area contributed by atoms with Crippen LogP contribution in [0.3, 0.4) is 0 Å². The summed E-state index contributed by atoms with van der Waals surface area (Å²) in [5.74, 6) is 0.692. The molecule has 0 aliphatic rings. The minimum atomic E-state index is -0.240. The lowest BCUT2D eigenvalue weighted by molar-refractivity contribution is -0.121. The molecule has 4 nitrogen and oxygen atoms in total. The molecular formula is C19H25ClN2O2. The van der Waals surface area contributed by atoms with Crippen molar-refractivity contribution in [1.29, 1.82) is 0 Å². The summed E-state index contributed by atoms with van der Waals surface area (Å²) in [7, 11) is 0. The van der Waals surface area contributed by atoms with Crippen molar-refractivity contribution in [2.24, 2.45) is 0 Å². The zero-order valence-electron chi connectivity index (χ0n) is 14.4. The molecular weight excluding hydrogens is 324 g/mol. The van der Waals surface area contributed by atoms with Crippen molar-refractivity contribution in [2.75, 3.05) is 6.54 Å². The predicted molar refractivity (Wildman–Crippen MR) is 97.0 cm³/mol. The molecule has 0 spiro atoms. The van der Waals surface area contributed by atoms with Gasteiger partial charge in [-0.15, -0.1) is 0 Å². The van der Waals surface area contributed by atoms with E-state index in [2.05, 4.69) is 24.5 Å². The molecule has 0 aliphatic heterocycles. The Bertz CT molecular complexity index is 634. The Hall–Kier alpha value is -1.78. The summed E-state index contributed by atoms with van der Waals surface area (Å²) in [4.78, 5) is 12.3. The number of carbonyl (C=O) groups is 1. The van der Waals surface area contributed by atoms with E-state index in [1.54, 1.807) is 6.26 Å². The van der Waals surface area contributed by atoms with Gasteiger partial charge in [-0.05, 0) is 49.6 Å². The van der Waals surface area contributed by atoms with Crippen LogP contribution in [0.2, 0.25) is 5.02 Å². The van der Waals surface area contributed by atoms with Gasteiger partial charge in [-0.2, -0.15) is 0 Å². The van der Waals surface area contributed by atoms with Gasteiger partial charge in [0.15, 0.2) is 0 Å². The van der Waals surface area contributed by atoms with Crippen LogP contribution < -0.4 is 10.6 Å². The van der Waals surface area contributed by atoms with Gasteiger partial charge in [0, 0.05) is 10.6 Å². The molecule has 2 aromatic rings. The number of halogens is 1. The third-order valence-electron chi connectivity index (χ3n) is 4.54. The fraction of sp³-hybridized carbons (Fsp3) is 0.421. The Morgan fingerprint density at radius 1 is 1.21 bits per heavy atom. The van der Waals surface area contributed by atoms with E-state index in [1.165, 1.54) is 0 Å². The van der Waals surface area contributed by atoms with Gasteiger partial charge in [0.25, 0.3) is 0 Å². The summed E-state index contributed by atoms with van der Waals surface area (Å²) in [6, 6.07) is 11.3. The highest BCUT2D eigenvalue weighted by molar-refractivity contribution is 6.30. The van der Waals surface area contributed by atoms with Crippen molar-refractivity contribution in [3.63, 3.8) is 0 Å². The van der Waals surface area contributed by atoms with E-state index in [4.69, 9.17) is 16.0 Å². The molecule has 130 valence electrons. The van der Waals surface area contributed by atoms with E-state index >= 15 is 0 Å². The van der Waals surface area contributed by atoms with Gasteiger partial charge in [0.2, 0.25) is 5.91 Å². The maximum Gasteiger partial charge on any atom is 0.234 e. The Morgan fingerprint density at radius 3 is 2.42 bits per heavy atom. The molecule has 24 heavy (non-hydrogen) atoms. The molecule has 1 atom stereocenters. The molecule has 0 saturated carbocycles. The van der Waals surface area contributed by atoms with Gasteiger partial charge in [0.05, 0.1) is 18.8 Å². The highest BCUT2D eigenvalue weighted by Crippen LogP contribution is 2.29. The monoisotopic (exact) mass is 348 g/mol. The molecule has 5 heteroatoms. The Balaban J connectivity index is 2.00. The van der Waals surface area contributed by atoms with Crippen LogP contribution in [-0.4, -0.2) is 12.5 Å². The summed E-state index contributed by atoms with van der Waals surface area (Å²) >= 11 is 5.99. The lowest BCUT2D eigenvalue weighted by atomic mass is 9.84. The topological polar surface area (TPSA) is 54.3 Å². The van der Waals surface area contributed by atoms with Crippen molar-refractivity contribution < 1.29 is 9.21 Å². The van der Waals surface area contributed by atoms with Crippen LogP contribution >= 0.6 is 11.6 Å². The largest absolute Gasteiger partial charge is 0.467 e. The van der Waals surface area contributed by atoms with Gasteiger partial charge in [-0.25, -0.2) is 0 Å². The van der Waals surface area contributed by atoms with Crippen molar-refractivity contribution in [3.05, 3.63) is 59.0 Å². The quantitative estimate of drug-likeness (QED) is 0.742. The number of carbonyl (C=O) groups excluding carboxylic acids is 1. The number of furan rings is 1. The van der Waals surface area contributed by atoms with Gasteiger partial charge < -0.3 is 9.73 Å². The molecule has 0 bridgehead atoms. The maximum atomic E-state index is 12.3. The molecule has 1 aromatic carbocycles. The zero-order chi connectivity index (χ0) is 17.6. The third-order valence-corrected chi connectivity index (χ3v) is 4.79. The molecule has 2 N–H and O–H groups in total. The zero-order valence-corrected chi connectivity index (χ0v) is 15.2. The number of hydrogen-bond acceptors (Lipinski definition) is 3. The highest BCUT2D eigenvalue weighted by Gasteiger charge is 2.28. The molecule has 0 aliphatic carbocycles. The highest BCUT2D eigenvalue weighted by atomic mass is 35.5. The number of hydrogen-bond donors (Lipinski definition) is 2. The second kappa shape index (κ2) is 8.36. The Morgan fingerprint density at radius 2 is 1.88 bits per heavy atom. The molecule has 2 rings (SSSR count). The molecule has 0 radical (unpaired) electrons. The van der Waals surface area contributed by atoms with Crippen LogP contribution in [0.25, 0.3) is 0 Å². The van der Waals surface area contributed by atoms with Crippen molar-refractivity contribution in [2.45, 2.75) is 45.2 Å². The summed E-state index contributed by atoms with van der Waals surface area (Å²) in [5, 5.41) is 7.09. The summed E-state index contributed by atoms with van der Waals surface area (Å²) in [5.41, 5.74) is 0.902. The molecule has 0 saturated heterocycles. The van der Waals surface area contributed by atoms with E-state index in [-0.39, 0.29) is 24.0 Å². The van der Waals surface area contributed by atoms with Crippen molar-refractivity contribution in [1.82, 2.24) is 10.6 Å². The SMILES string of the molecule is CCC(CC)(NCC(=O)NC(C)c1ccco1)c1ccc(Cl)cc1. The standard InChI is InChI=1S/C19H25ClN2O2/c1-4-19(5-2,15-8-10-16(20)11-9-15)21-13-18(23)22-14(3)17-7-6-12-24-17/h6-12,14,21H,4-5,13H2,1-3H3,(H,22,23). The average Bonchev–Trinajstić information content (AvgIpc) is 3.12. The molecule has 1 amide bonds.